The van der Waals surface area contributed by atoms with Gasteiger partial charge in [-0.15, -0.1) is 0 Å². The predicted molar refractivity (Wildman–Crippen MR) is 99.7 cm³/mol. The van der Waals surface area contributed by atoms with E-state index >= 15 is 0 Å². The fourth-order valence-corrected chi connectivity index (χ4v) is 3.19. The molecule has 6 N–H and O–H groups in total. The number of guanidine groups is 1. The summed E-state index contributed by atoms with van der Waals surface area (Å²) >= 11 is 0. The molecular weight excluding hydrogens is 320 g/mol. The molecule has 0 spiro atoms. The summed E-state index contributed by atoms with van der Waals surface area (Å²) in [6.45, 7) is 7.11. The number of hydrogen-bond donors (Lipinski definition) is 5. The third kappa shape index (κ3) is 7.04. The molecule has 7 heteroatoms. The Morgan fingerprint density at radius 1 is 1.40 bits per heavy atom. The van der Waals surface area contributed by atoms with Gasteiger partial charge in [-0.1, -0.05) is 33.6 Å². The second-order valence-electron chi connectivity index (χ2n) is 6.59. The van der Waals surface area contributed by atoms with Crippen molar-refractivity contribution in [3.8, 4) is 0 Å². The van der Waals surface area contributed by atoms with Crippen LogP contribution < -0.4 is 16.4 Å². The highest BCUT2D eigenvalue weighted by Crippen LogP contribution is 2.24. The lowest BCUT2D eigenvalue weighted by Crippen LogP contribution is -2.59. The molecule has 0 bridgehead atoms. The van der Waals surface area contributed by atoms with Crippen LogP contribution in [0, 0.1) is 5.41 Å². The number of rotatable bonds is 11. The van der Waals surface area contributed by atoms with E-state index in [1.54, 1.807) is 6.08 Å². The Kier molecular flexibility index (Phi) is 9.52. The highest BCUT2D eigenvalue weighted by atomic mass is 16.5. The smallest absolute Gasteiger partial charge is 0.331 e. The molecular formula is C18H34N4O3. The maximum atomic E-state index is 11.5. The predicted octanol–water partition coefficient (Wildman–Crippen LogP) is 1.97. The lowest BCUT2D eigenvalue weighted by molar-refractivity contribution is -0.133. The summed E-state index contributed by atoms with van der Waals surface area (Å²) in [5.74, 6) is -1.10. The lowest BCUT2D eigenvalue weighted by atomic mass is 9.87. The SMILES string of the molecule is CCCCCNC1C(NC(=N)N)CC(C(=O)O)=CC1OC(CC)CC. The number of carboxylic acid groups (broad SMARTS) is 1. The largest absolute Gasteiger partial charge is 0.478 e. The molecule has 1 aliphatic carbocycles. The Labute approximate surface area is 150 Å². The number of nitrogens with two attached hydrogens (primary N) is 1. The summed E-state index contributed by atoms with van der Waals surface area (Å²) in [4.78, 5) is 11.5. The molecule has 1 rings (SSSR count). The number of carbonyl (C=O) groups is 1. The van der Waals surface area contributed by atoms with Crippen molar-refractivity contribution in [2.24, 2.45) is 5.73 Å². The van der Waals surface area contributed by atoms with Crippen molar-refractivity contribution < 1.29 is 14.6 Å². The van der Waals surface area contributed by atoms with Gasteiger partial charge in [-0.05, 0) is 31.9 Å². The molecule has 0 radical (unpaired) electrons. The topological polar surface area (TPSA) is 120 Å². The number of unbranched alkanes of at least 4 members (excludes halogenated alkanes) is 2. The average molecular weight is 354 g/mol. The minimum Gasteiger partial charge on any atom is -0.478 e. The zero-order valence-corrected chi connectivity index (χ0v) is 15.7. The highest BCUT2D eigenvalue weighted by Gasteiger charge is 2.36. The Morgan fingerprint density at radius 2 is 2.08 bits per heavy atom. The summed E-state index contributed by atoms with van der Waals surface area (Å²) in [5, 5.41) is 23.4. The van der Waals surface area contributed by atoms with Crippen molar-refractivity contribution >= 4 is 11.9 Å². The van der Waals surface area contributed by atoms with E-state index in [1.807, 2.05) is 0 Å². The summed E-state index contributed by atoms with van der Waals surface area (Å²) < 4.78 is 6.20. The van der Waals surface area contributed by atoms with Crippen LogP contribution >= 0.6 is 0 Å². The van der Waals surface area contributed by atoms with Gasteiger partial charge in [0, 0.05) is 12.0 Å². The number of hydrogen-bond acceptors (Lipinski definition) is 4. The maximum absolute atomic E-state index is 11.5. The van der Waals surface area contributed by atoms with Gasteiger partial charge in [0.2, 0.25) is 0 Å². The van der Waals surface area contributed by atoms with E-state index in [-0.39, 0.29) is 30.3 Å². The molecule has 0 fully saturated rings. The van der Waals surface area contributed by atoms with Gasteiger partial charge in [-0.3, -0.25) is 5.41 Å². The van der Waals surface area contributed by atoms with E-state index in [4.69, 9.17) is 15.9 Å². The Bertz CT molecular complexity index is 463. The molecule has 0 saturated carbocycles. The normalized spacial score (nSPS) is 23.4. The number of aliphatic carboxylic acids is 1. The molecule has 0 amide bonds. The van der Waals surface area contributed by atoms with E-state index in [0.29, 0.717) is 12.0 Å². The van der Waals surface area contributed by atoms with Gasteiger partial charge in [0.05, 0.1) is 24.3 Å². The van der Waals surface area contributed by atoms with Crippen molar-refractivity contribution in [3.05, 3.63) is 11.6 Å². The molecule has 7 nitrogen and oxygen atoms in total. The summed E-state index contributed by atoms with van der Waals surface area (Å²) in [6, 6.07) is -0.404. The second-order valence-corrected chi connectivity index (χ2v) is 6.59. The molecule has 0 aliphatic heterocycles. The minimum absolute atomic E-state index is 0.0762. The average Bonchev–Trinajstić information content (AvgIpc) is 2.57. The lowest BCUT2D eigenvalue weighted by Gasteiger charge is -2.39. The van der Waals surface area contributed by atoms with Crippen LogP contribution in [0.1, 0.15) is 59.3 Å². The van der Waals surface area contributed by atoms with Crippen molar-refractivity contribution in [1.29, 1.82) is 5.41 Å². The van der Waals surface area contributed by atoms with Gasteiger partial charge in [0.25, 0.3) is 0 Å². The van der Waals surface area contributed by atoms with E-state index in [0.717, 1.165) is 38.6 Å². The van der Waals surface area contributed by atoms with Gasteiger partial charge < -0.3 is 26.2 Å². The fraction of sp³-hybridized carbons (Fsp3) is 0.778. The maximum Gasteiger partial charge on any atom is 0.331 e. The van der Waals surface area contributed by atoms with E-state index in [1.165, 1.54) is 0 Å². The quantitative estimate of drug-likeness (QED) is 0.220. The van der Waals surface area contributed by atoms with Crippen LogP contribution in [0.5, 0.6) is 0 Å². The van der Waals surface area contributed by atoms with Crippen LogP contribution in [0.25, 0.3) is 0 Å². The summed E-state index contributed by atoms with van der Waals surface area (Å²) in [7, 11) is 0. The second kappa shape index (κ2) is 11.1. The molecule has 0 aromatic rings. The van der Waals surface area contributed by atoms with Gasteiger partial charge >= 0.3 is 5.97 Å². The number of carboxylic acids is 1. The first-order chi connectivity index (χ1) is 11.9. The Hall–Kier alpha value is -1.60. The van der Waals surface area contributed by atoms with Crippen molar-refractivity contribution in [2.45, 2.75) is 83.6 Å². The van der Waals surface area contributed by atoms with E-state index in [9.17, 15) is 9.90 Å². The molecule has 3 atom stereocenters. The van der Waals surface area contributed by atoms with Crippen molar-refractivity contribution in [2.75, 3.05) is 6.54 Å². The molecule has 3 unspecified atom stereocenters. The fourth-order valence-electron chi connectivity index (χ4n) is 3.19. The standard InChI is InChI=1S/C18H34N4O3/c1-4-7-8-9-21-16-14(22-18(19)20)10-12(17(23)24)11-15(16)25-13(5-2)6-3/h11,13-16,21H,4-10H2,1-3H3,(H,23,24)(H4,19,20,22). The van der Waals surface area contributed by atoms with Crippen molar-refractivity contribution in [1.82, 2.24) is 10.6 Å². The van der Waals surface area contributed by atoms with Crippen LogP contribution in [0.4, 0.5) is 0 Å². The summed E-state index contributed by atoms with van der Waals surface area (Å²) in [5.41, 5.74) is 5.83. The zero-order chi connectivity index (χ0) is 18.8. The molecule has 144 valence electrons. The molecule has 1 aliphatic rings. The molecule has 0 aromatic heterocycles. The molecule has 0 heterocycles. The van der Waals surface area contributed by atoms with Gasteiger partial charge in [0.1, 0.15) is 0 Å². The number of ether oxygens (including phenoxy) is 1. The van der Waals surface area contributed by atoms with Gasteiger partial charge in [-0.2, -0.15) is 0 Å². The van der Waals surface area contributed by atoms with Crippen molar-refractivity contribution in [3.63, 3.8) is 0 Å². The number of nitrogens with one attached hydrogen (secondary N) is 3. The zero-order valence-electron chi connectivity index (χ0n) is 15.7. The minimum atomic E-state index is -0.946. The highest BCUT2D eigenvalue weighted by molar-refractivity contribution is 5.87. The van der Waals surface area contributed by atoms with Crippen LogP contribution in [0.2, 0.25) is 0 Å². The van der Waals surface area contributed by atoms with E-state index in [2.05, 4.69) is 31.4 Å². The first kappa shape index (κ1) is 21.4. The van der Waals surface area contributed by atoms with Gasteiger partial charge in [-0.25, -0.2) is 4.79 Å². The van der Waals surface area contributed by atoms with Gasteiger partial charge in [0.15, 0.2) is 5.96 Å². The van der Waals surface area contributed by atoms with Crippen LogP contribution in [0.3, 0.4) is 0 Å². The third-order valence-corrected chi connectivity index (χ3v) is 4.63. The molecule has 0 saturated heterocycles. The first-order valence-corrected chi connectivity index (χ1v) is 9.36. The van der Waals surface area contributed by atoms with Crippen LogP contribution in [-0.4, -0.2) is 47.9 Å². The Balaban J connectivity index is 2.99. The summed E-state index contributed by atoms with van der Waals surface area (Å²) in [6.07, 6.45) is 6.81. The molecule has 0 aromatic carbocycles. The monoisotopic (exact) mass is 354 g/mol. The molecule has 25 heavy (non-hydrogen) atoms. The van der Waals surface area contributed by atoms with E-state index < -0.39 is 5.97 Å². The first-order valence-electron chi connectivity index (χ1n) is 9.36. The van der Waals surface area contributed by atoms with Crippen LogP contribution in [-0.2, 0) is 9.53 Å². The Morgan fingerprint density at radius 3 is 2.60 bits per heavy atom. The third-order valence-electron chi connectivity index (χ3n) is 4.63. The van der Waals surface area contributed by atoms with Crippen LogP contribution in [0.15, 0.2) is 11.6 Å².